The van der Waals surface area contributed by atoms with Crippen LogP contribution in [0.4, 0.5) is 0 Å². The Morgan fingerprint density at radius 2 is 1.62 bits per heavy atom. The van der Waals surface area contributed by atoms with Crippen LogP contribution in [0.25, 0.3) is 5.57 Å². The Balaban J connectivity index is 2.20. The van der Waals surface area contributed by atoms with E-state index in [0.717, 1.165) is 35.1 Å². The number of aryl methyl sites for hydroxylation is 3. The van der Waals surface area contributed by atoms with Crippen LogP contribution in [-0.4, -0.2) is 16.7 Å². The van der Waals surface area contributed by atoms with E-state index in [9.17, 15) is 14.7 Å². The van der Waals surface area contributed by atoms with Gasteiger partial charge < -0.3 is 5.11 Å². The maximum atomic E-state index is 13.0. The van der Waals surface area contributed by atoms with E-state index in [0.29, 0.717) is 18.4 Å². The molecule has 1 N–H and O–H groups in total. The van der Waals surface area contributed by atoms with Gasteiger partial charge in [0, 0.05) is 24.7 Å². The van der Waals surface area contributed by atoms with Gasteiger partial charge in [-0.1, -0.05) is 24.6 Å². The largest absolute Gasteiger partial charge is 0.511 e. The van der Waals surface area contributed by atoms with Gasteiger partial charge in [0.1, 0.15) is 11.5 Å². The third kappa shape index (κ3) is 2.81. The fourth-order valence-electron chi connectivity index (χ4n) is 4.58. The molecule has 1 aromatic carbocycles. The Bertz CT molecular complexity index is 718. The van der Waals surface area contributed by atoms with Crippen LogP contribution in [0.2, 0.25) is 0 Å². The number of ketones is 2. The van der Waals surface area contributed by atoms with Crippen LogP contribution in [0.1, 0.15) is 54.9 Å². The lowest BCUT2D eigenvalue weighted by atomic mass is 9.75. The lowest BCUT2D eigenvalue weighted by molar-refractivity contribution is -0.127. The van der Waals surface area contributed by atoms with Crippen LogP contribution in [0.3, 0.4) is 0 Å². The number of carbonyl (C=O) groups excluding carboxylic acids is 2. The molecule has 0 amide bonds. The molecule has 0 aliphatic heterocycles. The summed E-state index contributed by atoms with van der Waals surface area (Å²) in [7, 11) is 0. The predicted octanol–water partition coefficient (Wildman–Crippen LogP) is 4.48. The lowest BCUT2D eigenvalue weighted by Crippen LogP contribution is -2.29. The zero-order valence-corrected chi connectivity index (χ0v) is 15.0. The molecule has 3 nitrogen and oxygen atoms in total. The first kappa shape index (κ1) is 16.9. The molecule has 4 rings (SSSR count). The number of hydrogen-bond acceptors (Lipinski definition) is 3. The smallest absolute Gasteiger partial charge is 0.167 e. The summed E-state index contributed by atoms with van der Waals surface area (Å²) in [4.78, 5) is 25.5. The molecule has 128 valence electrons. The Morgan fingerprint density at radius 3 is 2.21 bits per heavy atom. The van der Waals surface area contributed by atoms with E-state index in [1.807, 2.05) is 39.8 Å². The number of fused-ring (bicyclic) bond motifs is 5. The van der Waals surface area contributed by atoms with E-state index < -0.39 is 0 Å². The summed E-state index contributed by atoms with van der Waals surface area (Å²) in [6.07, 6.45) is 2.52. The monoisotopic (exact) mass is 326 g/mol. The van der Waals surface area contributed by atoms with Crippen molar-refractivity contribution in [2.75, 3.05) is 0 Å². The third-order valence-electron chi connectivity index (χ3n) is 5.76. The molecule has 0 saturated heterocycles. The third-order valence-corrected chi connectivity index (χ3v) is 5.76. The summed E-state index contributed by atoms with van der Waals surface area (Å²) < 4.78 is 0. The second-order valence-corrected chi connectivity index (χ2v) is 7.67. The maximum Gasteiger partial charge on any atom is 0.167 e. The molecule has 3 atom stereocenters. The van der Waals surface area contributed by atoms with E-state index in [1.165, 1.54) is 0 Å². The molecule has 0 heterocycles. The number of benzene rings is 1. The second-order valence-electron chi connectivity index (χ2n) is 7.67. The summed E-state index contributed by atoms with van der Waals surface area (Å²) in [5.41, 5.74) is 4.46. The minimum absolute atomic E-state index is 0.0187. The molecule has 0 radical (unpaired) electrons. The minimum atomic E-state index is -0.296. The molecule has 3 heteroatoms. The molecule has 1 saturated carbocycles. The molecular weight excluding hydrogens is 300 g/mol. The van der Waals surface area contributed by atoms with Crippen LogP contribution in [0, 0.1) is 38.5 Å². The number of hydrogen-bond donors (Lipinski definition) is 1. The highest BCUT2D eigenvalue weighted by molar-refractivity contribution is 6.22. The summed E-state index contributed by atoms with van der Waals surface area (Å²) in [5, 5.41) is 11.0. The van der Waals surface area contributed by atoms with Crippen molar-refractivity contribution in [3.05, 3.63) is 40.1 Å². The van der Waals surface area contributed by atoms with Gasteiger partial charge in [0.15, 0.2) is 5.78 Å². The molecule has 3 aliphatic rings. The normalized spacial score (nSPS) is 27.9. The van der Waals surface area contributed by atoms with Gasteiger partial charge in [0.05, 0.1) is 5.57 Å². The lowest BCUT2D eigenvalue weighted by Gasteiger charge is -2.29. The molecule has 1 aromatic rings. The van der Waals surface area contributed by atoms with E-state index in [2.05, 4.69) is 0 Å². The number of aliphatic hydroxyl groups excluding tert-OH is 1. The van der Waals surface area contributed by atoms with Crippen LogP contribution in [0.5, 0.6) is 0 Å². The number of Topliss-reactive ketones (excluding diaryl/α,β-unsaturated/α-hetero) is 2. The topological polar surface area (TPSA) is 54.4 Å². The van der Waals surface area contributed by atoms with Gasteiger partial charge in [-0.15, -0.1) is 0 Å². The van der Waals surface area contributed by atoms with Gasteiger partial charge in [-0.3, -0.25) is 9.59 Å². The highest BCUT2D eigenvalue weighted by atomic mass is 16.3. The van der Waals surface area contributed by atoms with Gasteiger partial charge in [-0.2, -0.15) is 0 Å². The van der Waals surface area contributed by atoms with Crippen molar-refractivity contribution in [2.24, 2.45) is 17.8 Å². The Hall–Kier alpha value is -1.90. The Kier molecular flexibility index (Phi) is 4.37. The van der Waals surface area contributed by atoms with Crippen LogP contribution < -0.4 is 0 Å². The first-order valence-corrected chi connectivity index (χ1v) is 8.86. The molecule has 2 bridgehead atoms. The van der Waals surface area contributed by atoms with E-state index in [4.69, 9.17) is 0 Å². The van der Waals surface area contributed by atoms with Crippen molar-refractivity contribution in [1.82, 2.24) is 0 Å². The van der Waals surface area contributed by atoms with E-state index in [-0.39, 0.29) is 35.1 Å². The number of allylic oxidation sites excluding steroid dienone is 2. The van der Waals surface area contributed by atoms with Gasteiger partial charge in [-0.25, -0.2) is 0 Å². The zero-order valence-electron chi connectivity index (χ0n) is 15.0. The van der Waals surface area contributed by atoms with Crippen LogP contribution in [0.15, 0.2) is 17.9 Å². The average Bonchev–Trinajstić information content (AvgIpc) is 2.54. The second kappa shape index (κ2) is 6.19. The number of rotatable bonds is 1. The highest BCUT2D eigenvalue weighted by Gasteiger charge is 2.39. The van der Waals surface area contributed by atoms with E-state index in [1.54, 1.807) is 0 Å². The molecule has 24 heavy (non-hydrogen) atoms. The van der Waals surface area contributed by atoms with Gasteiger partial charge in [0.2, 0.25) is 0 Å². The fourth-order valence-corrected chi connectivity index (χ4v) is 4.58. The van der Waals surface area contributed by atoms with Crippen LogP contribution in [-0.2, 0) is 9.59 Å². The summed E-state index contributed by atoms with van der Waals surface area (Å²) in [6.45, 7) is 7.89. The summed E-state index contributed by atoms with van der Waals surface area (Å²) in [6, 6.07) is 4.10. The molecular formula is C21H26O3. The van der Waals surface area contributed by atoms with E-state index >= 15 is 0 Å². The quantitative estimate of drug-likeness (QED) is 0.828. The number of aliphatic hydroxyl groups is 1. The molecule has 0 aromatic heterocycles. The minimum Gasteiger partial charge on any atom is -0.511 e. The summed E-state index contributed by atoms with van der Waals surface area (Å²) >= 11 is 0. The van der Waals surface area contributed by atoms with Crippen molar-refractivity contribution in [2.45, 2.75) is 53.4 Å². The van der Waals surface area contributed by atoms with Crippen molar-refractivity contribution in [3.8, 4) is 0 Å². The molecule has 0 spiro atoms. The highest BCUT2D eigenvalue weighted by Crippen LogP contribution is 2.41. The Labute approximate surface area is 143 Å². The predicted molar refractivity (Wildman–Crippen MR) is 94.8 cm³/mol. The standard InChI is InChI=1S/C21H26O3/c1-11-7-12(2)19(13(3)8-11)20-18(23)10-15-5-6-16(17(22)9-15)14(4)21(20)24/h7-8,14-16,24H,5-6,9-10H2,1-4H3/t14-,15+,16+/m0/s1. The fraction of sp³-hybridized carbons (Fsp3) is 0.524. The Morgan fingerprint density at radius 1 is 1.00 bits per heavy atom. The first-order valence-electron chi connectivity index (χ1n) is 8.86. The zero-order chi connectivity index (χ0) is 17.6. The maximum absolute atomic E-state index is 13.0. The van der Waals surface area contributed by atoms with Gasteiger partial charge >= 0.3 is 0 Å². The SMILES string of the molecule is Cc1cc(C)c(C2=C(O)[C@@H](C)[C@H]3CC[C@@H](CC2=O)CC3=O)c(C)c1. The van der Waals surface area contributed by atoms with Crippen molar-refractivity contribution in [1.29, 1.82) is 0 Å². The number of carbonyl (C=O) groups is 2. The first-order chi connectivity index (χ1) is 11.3. The molecule has 3 aliphatic carbocycles. The van der Waals surface area contributed by atoms with Gasteiger partial charge in [0.25, 0.3) is 0 Å². The van der Waals surface area contributed by atoms with Crippen molar-refractivity contribution >= 4 is 17.1 Å². The average molecular weight is 326 g/mol. The summed E-state index contributed by atoms with van der Waals surface area (Å²) in [5.74, 6) is -0.0355. The molecule has 1 fully saturated rings. The van der Waals surface area contributed by atoms with Gasteiger partial charge in [-0.05, 0) is 56.2 Å². The van der Waals surface area contributed by atoms with Crippen LogP contribution >= 0.6 is 0 Å². The molecule has 0 unspecified atom stereocenters. The van der Waals surface area contributed by atoms with Crippen molar-refractivity contribution < 1.29 is 14.7 Å². The van der Waals surface area contributed by atoms with Crippen molar-refractivity contribution in [3.63, 3.8) is 0 Å².